The molecule has 0 aliphatic carbocycles. The molecule has 0 unspecified atom stereocenters. The fraction of sp³-hybridized carbons (Fsp3) is 0.923. The Labute approximate surface area is 103 Å². The number of hydrogen-bond donors (Lipinski definition) is 1. The average molecular weight is 242 g/mol. The molecule has 2 aliphatic heterocycles. The maximum absolute atomic E-state index is 12.2. The highest BCUT2D eigenvalue weighted by molar-refractivity contribution is 5.82. The van der Waals surface area contributed by atoms with Crippen LogP contribution in [0.25, 0.3) is 0 Å². The van der Waals surface area contributed by atoms with Crippen LogP contribution in [0.5, 0.6) is 0 Å². The Hall–Kier alpha value is -0.640. The summed E-state index contributed by atoms with van der Waals surface area (Å²) in [7, 11) is 0. The van der Waals surface area contributed by atoms with Crippen molar-refractivity contribution >= 4 is 5.91 Å². The Kier molecular flexibility index (Phi) is 4.77. The van der Waals surface area contributed by atoms with Crippen LogP contribution >= 0.6 is 0 Å². The molecule has 4 heteroatoms. The summed E-state index contributed by atoms with van der Waals surface area (Å²) < 4.78 is 12.2. The van der Waals surface area contributed by atoms with Crippen molar-refractivity contribution in [3.05, 3.63) is 0 Å². The summed E-state index contributed by atoms with van der Waals surface area (Å²) in [5, 5.41) is 3.30. The number of piperidine rings is 2. The molecule has 3 nitrogen and oxygen atoms in total. The number of carbonyl (C=O) groups excluding carboxylic acids is 1. The topological polar surface area (TPSA) is 32.3 Å². The monoisotopic (exact) mass is 242 g/mol. The van der Waals surface area contributed by atoms with Crippen LogP contribution in [-0.4, -0.2) is 43.2 Å². The maximum atomic E-state index is 12.2. The highest BCUT2D eigenvalue weighted by atomic mass is 19.1. The van der Waals surface area contributed by atoms with Crippen molar-refractivity contribution in [3.8, 4) is 0 Å². The Bertz CT molecular complexity index is 246. The zero-order chi connectivity index (χ0) is 12.1. The van der Waals surface area contributed by atoms with Crippen molar-refractivity contribution in [2.24, 2.45) is 5.92 Å². The second-order valence-corrected chi connectivity index (χ2v) is 5.25. The van der Waals surface area contributed by atoms with Crippen LogP contribution in [0.1, 0.15) is 38.5 Å². The summed E-state index contributed by atoms with van der Waals surface area (Å²) >= 11 is 0. The van der Waals surface area contributed by atoms with E-state index in [2.05, 4.69) is 5.32 Å². The van der Waals surface area contributed by atoms with E-state index in [4.69, 9.17) is 0 Å². The van der Waals surface area contributed by atoms with Crippen molar-refractivity contribution < 1.29 is 9.18 Å². The number of nitrogens with zero attached hydrogens (tertiary/aromatic N) is 1. The molecule has 0 aromatic rings. The van der Waals surface area contributed by atoms with E-state index < -0.39 is 0 Å². The van der Waals surface area contributed by atoms with Crippen LogP contribution in [0, 0.1) is 5.92 Å². The van der Waals surface area contributed by atoms with E-state index in [9.17, 15) is 9.18 Å². The van der Waals surface area contributed by atoms with Gasteiger partial charge in [-0.2, -0.15) is 0 Å². The number of halogens is 1. The average Bonchev–Trinajstić information content (AvgIpc) is 2.40. The molecule has 2 saturated heterocycles. The first-order chi connectivity index (χ1) is 8.31. The second kappa shape index (κ2) is 6.34. The van der Waals surface area contributed by atoms with E-state index in [-0.39, 0.29) is 18.6 Å². The maximum Gasteiger partial charge on any atom is 0.239 e. The van der Waals surface area contributed by atoms with Crippen LogP contribution in [0.3, 0.4) is 0 Å². The van der Waals surface area contributed by atoms with Crippen LogP contribution in [0.15, 0.2) is 0 Å². The number of alkyl halides is 1. The van der Waals surface area contributed by atoms with E-state index in [1.54, 1.807) is 0 Å². The lowest BCUT2D eigenvalue weighted by molar-refractivity contribution is -0.135. The molecule has 0 radical (unpaired) electrons. The van der Waals surface area contributed by atoms with Crippen LogP contribution in [0.2, 0.25) is 0 Å². The molecule has 17 heavy (non-hydrogen) atoms. The first-order valence-corrected chi connectivity index (χ1v) is 6.89. The zero-order valence-electron chi connectivity index (χ0n) is 10.5. The second-order valence-electron chi connectivity index (χ2n) is 5.25. The van der Waals surface area contributed by atoms with E-state index in [1.165, 1.54) is 6.42 Å². The first kappa shape index (κ1) is 12.8. The Morgan fingerprint density at radius 1 is 1.24 bits per heavy atom. The van der Waals surface area contributed by atoms with Gasteiger partial charge in [0.1, 0.15) is 0 Å². The summed E-state index contributed by atoms with van der Waals surface area (Å²) in [4.78, 5) is 14.2. The van der Waals surface area contributed by atoms with Crippen molar-refractivity contribution in [2.45, 2.75) is 44.6 Å². The number of amides is 1. The summed E-state index contributed by atoms with van der Waals surface area (Å²) in [6, 6.07) is 0.0430. The van der Waals surface area contributed by atoms with Gasteiger partial charge < -0.3 is 10.2 Å². The minimum absolute atomic E-state index is 0.0430. The van der Waals surface area contributed by atoms with E-state index >= 15 is 0 Å². The van der Waals surface area contributed by atoms with Crippen LogP contribution in [0.4, 0.5) is 4.39 Å². The first-order valence-electron chi connectivity index (χ1n) is 6.89. The van der Waals surface area contributed by atoms with Gasteiger partial charge in [0.2, 0.25) is 5.91 Å². The number of carbonyl (C=O) groups is 1. The summed E-state index contributed by atoms with van der Waals surface area (Å²) in [5.74, 6) is 0.756. The van der Waals surface area contributed by atoms with E-state index in [0.717, 1.165) is 45.3 Å². The van der Waals surface area contributed by atoms with Gasteiger partial charge in [-0.1, -0.05) is 6.42 Å². The summed E-state index contributed by atoms with van der Waals surface area (Å²) in [6.07, 6.45) is 5.93. The van der Waals surface area contributed by atoms with E-state index in [0.29, 0.717) is 12.3 Å². The third kappa shape index (κ3) is 3.41. The van der Waals surface area contributed by atoms with Gasteiger partial charge in [-0.3, -0.25) is 9.18 Å². The molecule has 98 valence electrons. The third-order valence-electron chi connectivity index (χ3n) is 4.05. The molecule has 0 aromatic carbocycles. The van der Waals surface area contributed by atoms with Gasteiger partial charge >= 0.3 is 0 Å². The van der Waals surface area contributed by atoms with Crippen LogP contribution < -0.4 is 5.32 Å². The van der Waals surface area contributed by atoms with Crippen molar-refractivity contribution in [2.75, 3.05) is 26.3 Å². The smallest absolute Gasteiger partial charge is 0.239 e. The lowest BCUT2D eigenvalue weighted by Crippen LogP contribution is -2.50. The summed E-state index contributed by atoms with van der Waals surface area (Å²) in [6.45, 7) is 2.39. The Morgan fingerprint density at radius 2 is 2.00 bits per heavy atom. The fourth-order valence-corrected chi connectivity index (χ4v) is 2.88. The largest absolute Gasteiger partial charge is 0.341 e. The molecule has 2 rings (SSSR count). The lowest BCUT2D eigenvalue weighted by Gasteiger charge is -2.35. The Morgan fingerprint density at radius 3 is 2.59 bits per heavy atom. The molecule has 1 amide bonds. The predicted molar refractivity (Wildman–Crippen MR) is 65.5 cm³/mol. The van der Waals surface area contributed by atoms with Gasteiger partial charge in [-0.15, -0.1) is 0 Å². The molecule has 2 aliphatic rings. The normalized spacial score (nSPS) is 27.1. The van der Waals surface area contributed by atoms with Crippen molar-refractivity contribution in [1.29, 1.82) is 0 Å². The highest BCUT2D eigenvalue weighted by Crippen LogP contribution is 2.22. The van der Waals surface area contributed by atoms with Crippen molar-refractivity contribution in [1.82, 2.24) is 10.2 Å². The minimum atomic E-state index is -0.219. The van der Waals surface area contributed by atoms with Crippen molar-refractivity contribution in [3.63, 3.8) is 0 Å². The van der Waals surface area contributed by atoms with E-state index in [1.807, 2.05) is 4.90 Å². The van der Waals surface area contributed by atoms with Gasteiger partial charge in [-0.25, -0.2) is 0 Å². The molecule has 1 atom stereocenters. The van der Waals surface area contributed by atoms with Gasteiger partial charge in [0.15, 0.2) is 0 Å². The molecular weight excluding hydrogens is 219 g/mol. The SMILES string of the molecule is O=C([C@H]1CCCCN1)N1CCC(CCF)CC1. The van der Waals surface area contributed by atoms with Gasteiger partial charge in [0.25, 0.3) is 0 Å². The quantitative estimate of drug-likeness (QED) is 0.817. The molecule has 0 spiro atoms. The van der Waals surface area contributed by atoms with Crippen LogP contribution in [-0.2, 0) is 4.79 Å². The number of rotatable bonds is 3. The Balaban J connectivity index is 1.77. The molecule has 0 saturated carbocycles. The number of hydrogen-bond acceptors (Lipinski definition) is 2. The van der Waals surface area contributed by atoms with Gasteiger partial charge in [-0.05, 0) is 44.6 Å². The molecular formula is C13H23FN2O. The molecule has 2 fully saturated rings. The zero-order valence-corrected chi connectivity index (χ0v) is 10.5. The lowest BCUT2D eigenvalue weighted by atomic mass is 9.93. The highest BCUT2D eigenvalue weighted by Gasteiger charge is 2.28. The minimum Gasteiger partial charge on any atom is -0.341 e. The third-order valence-corrected chi connectivity index (χ3v) is 4.05. The number of nitrogens with one attached hydrogen (secondary N) is 1. The molecule has 0 aromatic heterocycles. The standard InChI is InChI=1S/C13H23FN2O/c14-7-4-11-5-9-16(10-6-11)13(17)12-3-1-2-8-15-12/h11-12,15H,1-10H2/t12-/m1/s1. The predicted octanol–water partition coefficient (Wildman–Crippen LogP) is 1.73. The molecule has 1 N–H and O–H groups in total. The number of likely N-dealkylation sites (tertiary alicyclic amines) is 1. The molecule has 0 bridgehead atoms. The van der Waals surface area contributed by atoms with Gasteiger partial charge in [0, 0.05) is 13.1 Å². The fourth-order valence-electron chi connectivity index (χ4n) is 2.88. The molecule has 2 heterocycles. The summed E-state index contributed by atoms with van der Waals surface area (Å²) in [5.41, 5.74) is 0. The van der Waals surface area contributed by atoms with Gasteiger partial charge in [0.05, 0.1) is 12.7 Å².